The summed E-state index contributed by atoms with van der Waals surface area (Å²) in [5, 5.41) is 18.8. The first kappa shape index (κ1) is 44.5. The van der Waals surface area contributed by atoms with Crippen LogP contribution in [0.4, 0.5) is 25.1 Å². The fraction of sp³-hybridized carbons (Fsp3) is 0.500. The number of rotatable bonds is 14. The van der Waals surface area contributed by atoms with Crippen molar-refractivity contribution in [2.45, 2.75) is 59.0 Å². The summed E-state index contributed by atoms with van der Waals surface area (Å²) < 4.78 is 55.5. The minimum Gasteiger partial charge on any atom is -0.480 e. The van der Waals surface area contributed by atoms with Gasteiger partial charge in [0.1, 0.15) is 16.9 Å². The predicted molar refractivity (Wildman–Crippen MR) is 179 cm³/mol. The van der Waals surface area contributed by atoms with Crippen LogP contribution in [0.1, 0.15) is 45.6 Å². The zero-order valence-corrected chi connectivity index (χ0v) is 30.4. The predicted octanol–water partition coefficient (Wildman–Crippen LogP) is 3.82. The van der Waals surface area contributed by atoms with E-state index in [1.54, 1.807) is 6.92 Å². The number of nitrogens with zero attached hydrogens (tertiary/aromatic N) is 6. The summed E-state index contributed by atoms with van der Waals surface area (Å²) in [5.74, 6) is -2.07. The van der Waals surface area contributed by atoms with E-state index in [1.165, 1.54) is 6.92 Å². The highest BCUT2D eigenvalue weighted by Crippen LogP contribution is 2.31. The van der Waals surface area contributed by atoms with Crippen molar-refractivity contribution in [2.24, 2.45) is 0 Å². The largest absolute Gasteiger partial charge is 0.480 e. The van der Waals surface area contributed by atoms with E-state index < -0.39 is 55.8 Å². The van der Waals surface area contributed by atoms with Gasteiger partial charge in [-0.3, -0.25) is 19.5 Å². The lowest BCUT2D eigenvalue weighted by Crippen LogP contribution is -2.25. The van der Waals surface area contributed by atoms with Gasteiger partial charge in [0.15, 0.2) is 5.82 Å². The SMILES string of the molecule is CCNc1nc(Cl)nc(NC(C)C)n1.CCOC(=O)C(Cl)Cc1cc(-n2nc(C)n(C(F)F)c2=O)c(F)cc1Cl.O=C(O)CNCP(=O)(O)O. The summed E-state index contributed by atoms with van der Waals surface area (Å²) in [6, 6.07) is 2.29. The van der Waals surface area contributed by atoms with Gasteiger partial charge in [-0.1, -0.05) is 11.6 Å². The van der Waals surface area contributed by atoms with Crippen molar-refractivity contribution in [3.8, 4) is 5.69 Å². The molecule has 2 heterocycles. The Balaban J connectivity index is 0.000000435. The zero-order chi connectivity index (χ0) is 38.3. The number of nitrogens with one attached hydrogen (secondary N) is 3. The number of aromatic nitrogens is 6. The van der Waals surface area contributed by atoms with Gasteiger partial charge >= 0.3 is 31.8 Å². The Kier molecular flexibility index (Phi) is 18.7. The molecule has 0 aliphatic rings. The lowest BCUT2D eigenvalue weighted by molar-refractivity contribution is -0.142. The fourth-order valence-electron chi connectivity index (χ4n) is 3.48. The summed E-state index contributed by atoms with van der Waals surface area (Å²) in [6.45, 7) is 6.09. The van der Waals surface area contributed by atoms with Crippen molar-refractivity contribution >= 4 is 66.2 Å². The number of hydrogen-bond donors (Lipinski definition) is 6. The molecule has 0 aliphatic carbocycles. The van der Waals surface area contributed by atoms with Crippen molar-refractivity contribution < 1.29 is 47.0 Å². The Morgan fingerprint density at radius 1 is 1.10 bits per heavy atom. The molecule has 0 amide bonds. The van der Waals surface area contributed by atoms with E-state index in [-0.39, 0.29) is 51.0 Å². The number of halogens is 6. The second-order valence-electron chi connectivity index (χ2n) is 9.93. The van der Waals surface area contributed by atoms with Crippen molar-refractivity contribution in [1.29, 1.82) is 0 Å². The molecular formula is C26H36Cl3F3N9O8P. The molecule has 3 rings (SSSR count). The Labute approximate surface area is 298 Å². The van der Waals surface area contributed by atoms with Gasteiger partial charge in [-0.25, -0.2) is 13.8 Å². The van der Waals surface area contributed by atoms with Gasteiger partial charge < -0.3 is 30.3 Å². The zero-order valence-electron chi connectivity index (χ0n) is 27.2. The molecule has 0 spiro atoms. The molecule has 50 heavy (non-hydrogen) atoms. The summed E-state index contributed by atoms with van der Waals surface area (Å²) in [5.41, 5.74) is -1.37. The van der Waals surface area contributed by atoms with Crippen LogP contribution in [0.3, 0.4) is 0 Å². The molecule has 0 radical (unpaired) electrons. The molecular weight excluding hydrogens is 761 g/mol. The molecule has 6 N–H and O–H groups in total. The van der Waals surface area contributed by atoms with Crippen LogP contribution in [-0.4, -0.2) is 93.5 Å². The van der Waals surface area contributed by atoms with E-state index in [0.717, 1.165) is 18.7 Å². The maximum atomic E-state index is 14.2. The first-order chi connectivity index (χ1) is 23.2. The van der Waals surface area contributed by atoms with Crippen LogP contribution >= 0.6 is 42.4 Å². The lowest BCUT2D eigenvalue weighted by atomic mass is 10.1. The number of esters is 1. The third-order valence-electron chi connectivity index (χ3n) is 5.42. The molecule has 1 aromatic carbocycles. The number of carboxylic acid groups (broad SMARTS) is 1. The second-order valence-corrected chi connectivity index (χ2v) is 12.9. The molecule has 2 aromatic heterocycles. The van der Waals surface area contributed by atoms with Gasteiger partial charge in [0.2, 0.25) is 17.2 Å². The average molecular weight is 797 g/mol. The van der Waals surface area contributed by atoms with Gasteiger partial charge in [0.25, 0.3) is 0 Å². The monoisotopic (exact) mass is 795 g/mol. The molecule has 0 bridgehead atoms. The number of carbonyl (C=O) groups is 2. The van der Waals surface area contributed by atoms with Gasteiger partial charge in [-0.05, 0) is 63.9 Å². The molecule has 1 atom stereocenters. The van der Waals surface area contributed by atoms with Crippen molar-refractivity contribution in [3.05, 3.63) is 50.1 Å². The van der Waals surface area contributed by atoms with Crippen LogP contribution < -0.4 is 21.6 Å². The summed E-state index contributed by atoms with van der Waals surface area (Å²) in [6.07, 6.45) is -0.713. The first-order valence-electron chi connectivity index (χ1n) is 14.3. The molecule has 3 aromatic rings. The number of hydrogen-bond acceptors (Lipinski definition) is 12. The number of ether oxygens (including phenoxy) is 1. The number of alkyl halides is 3. The van der Waals surface area contributed by atoms with Crippen LogP contribution in [0.25, 0.3) is 5.69 Å². The number of aryl methyl sites for hydroxylation is 1. The highest BCUT2D eigenvalue weighted by Gasteiger charge is 2.23. The van der Waals surface area contributed by atoms with E-state index in [0.29, 0.717) is 16.6 Å². The topological polar surface area (TPSA) is 236 Å². The van der Waals surface area contributed by atoms with Crippen LogP contribution in [0.15, 0.2) is 16.9 Å². The second kappa shape index (κ2) is 21.0. The molecule has 1 unspecified atom stereocenters. The molecule has 0 saturated heterocycles. The Morgan fingerprint density at radius 2 is 1.72 bits per heavy atom. The van der Waals surface area contributed by atoms with E-state index >= 15 is 0 Å². The molecule has 0 saturated carbocycles. The summed E-state index contributed by atoms with van der Waals surface area (Å²) in [4.78, 5) is 61.9. The Bertz CT molecular complexity index is 1700. The first-order valence-corrected chi connectivity index (χ1v) is 17.3. The Hall–Kier alpha value is -3.52. The summed E-state index contributed by atoms with van der Waals surface area (Å²) >= 11 is 17.6. The van der Waals surface area contributed by atoms with E-state index in [4.69, 9.17) is 54.4 Å². The van der Waals surface area contributed by atoms with Gasteiger partial charge in [0.05, 0.1) is 19.4 Å². The standard InChI is InChI=1S/C15H14Cl2F3N3O3.C8H14ClN5.C3H8NO5P/c1-3-26-13(24)10(17)4-8-5-12(11(18)6-9(8)16)23-15(25)22(14(19)20)7(2)21-23;1-4-10-7-12-6(9)13-8(14-7)11-5(2)3;5-3(6)1-4-2-10(7,8)9/h5-6,10,14H,3-4H2,1-2H3;5H,4H2,1-3H3,(H2,10,11,12,13,14);4H,1-2H2,(H,5,6)(H2,7,8,9). The van der Waals surface area contributed by atoms with E-state index in [2.05, 4.69) is 36.0 Å². The molecule has 0 aliphatic heterocycles. The fourth-order valence-corrected chi connectivity index (χ4v) is 4.50. The van der Waals surface area contributed by atoms with Crippen molar-refractivity contribution in [2.75, 3.05) is 36.6 Å². The maximum absolute atomic E-state index is 14.2. The quantitative estimate of drug-likeness (QED) is 0.0773. The smallest absolute Gasteiger partial charge is 0.355 e. The molecule has 17 nitrogen and oxygen atoms in total. The van der Waals surface area contributed by atoms with E-state index in [1.807, 2.05) is 20.8 Å². The van der Waals surface area contributed by atoms with Gasteiger partial charge in [-0.15, -0.1) is 16.7 Å². The molecule has 24 heteroatoms. The minimum atomic E-state index is -4.10. The number of benzene rings is 1. The van der Waals surface area contributed by atoms with Crippen molar-refractivity contribution in [3.63, 3.8) is 0 Å². The van der Waals surface area contributed by atoms with Crippen LogP contribution in [0.2, 0.25) is 10.3 Å². The maximum Gasteiger partial charge on any atom is 0.355 e. The number of anilines is 2. The highest BCUT2D eigenvalue weighted by molar-refractivity contribution is 7.51. The lowest BCUT2D eigenvalue weighted by Gasteiger charge is -2.12. The Morgan fingerprint density at radius 3 is 2.22 bits per heavy atom. The van der Waals surface area contributed by atoms with Crippen LogP contribution in [0.5, 0.6) is 0 Å². The van der Waals surface area contributed by atoms with Gasteiger partial charge in [0, 0.05) is 24.0 Å². The van der Waals surface area contributed by atoms with Crippen LogP contribution in [-0.2, 0) is 25.3 Å². The van der Waals surface area contributed by atoms with Crippen LogP contribution in [0, 0.1) is 12.7 Å². The van der Waals surface area contributed by atoms with Crippen molar-refractivity contribution in [1.82, 2.24) is 34.6 Å². The third-order valence-corrected chi connectivity index (χ3v) is 6.91. The number of carboxylic acids is 1. The van der Waals surface area contributed by atoms with E-state index in [9.17, 15) is 32.1 Å². The highest BCUT2D eigenvalue weighted by atomic mass is 35.5. The normalized spacial score (nSPS) is 11.7. The average Bonchev–Trinajstić information content (AvgIpc) is 3.27. The summed E-state index contributed by atoms with van der Waals surface area (Å²) in [7, 11) is -4.10. The molecule has 0 fully saturated rings. The number of aliphatic carboxylic acids is 1. The van der Waals surface area contributed by atoms with Gasteiger partial charge in [-0.2, -0.15) is 28.4 Å². The third kappa shape index (κ3) is 15.6. The number of carbonyl (C=O) groups excluding carboxylic acids is 1. The minimum absolute atomic E-state index is 0.0424. The molecule has 280 valence electrons.